The van der Waals surface area contributed by atoms with E-state index in [-0.39, 0.29) is 12.3 Å². The first kappa shape index (κ1) is 11.5. The van der Waals surface area contributed by atoms with Gasteiger partial charge in [0.1, 0.15) is 11.9 Å². The average molecular weight is 262 g/mol. The lowest BCUT2D eigenvalue weighted by molar-refractivity contribution is 0.0238. The summed E-state index contributed by atoms with van der Waals surface area (Å²) in [5.74, 6) is 0.0338. The van der Waals surface area contributed by atoms with Gasteiger partial charge in [0.2, 0.25) is 0 Å². The van der Waals surface area contributed by atoms with Gasteiger partial charge >= 0.3 is 0 Å². The van der Waals surface area contributed by atoms with Crippen molar-refractivity contribution in [3.63, 3.8) is 0 Å². The largest absolute Gasteiger partial charge is 0.508 e. The molecule has 1 aromatic rings. The number of aliphatic hydroxyl groups excluding tert-OH is 2. The Morgan fingerprint density at radius 2 is 2.00 bits per heavy atom. The molecule has 0 saturated heterocycles. The van der Waals surface area contributed by atoms with Gasteiger partial charge in [0.05, 0.1) is 6.10 Å². The molecule has 2 atom stereocenters. The van der Waals surface area contributed by atoms with Crippen LogP contribution in [0.3, 0.4) is 0 Å². The van der Waals surface area contributed by atoms with Crippen LogP contribution in [-0.2, 0) is 0 Å². The van der Waals surface area contributed by atoms with E-state index in [1.165, 1.54) is 12.1 Å². The van der Waals surface area contributed by atoms with E-state index in [9.17, 15) is 15.3 Å². The van der Waals surface area contributed by atoms with E-state index in [4.69, 9.17) is 5.73 Å². The van der Waals surface area contributed by atoms with Crippen molar-refractivity contribution in [2.24, 2.45) is 5.73 Å². The Hall–Kier alpha value is -0.620. The highest BCUT2D eigenvalue weighted by Gasteiger charge is 2.19. The first-order valence-corrected chi connectivity index (χ1v) is 4.90. The summed E-state index contributed by atoms with van der Waals surface area (Å²) >= 11 is 3.21. The van der Waals surface area contributed by atoms with Crippen molar-refractivity contribution in [3.8, 4) is 5.75 Å². The number of benzene rings is 1. The summed E-state index contributed by atoms with van der Waals surface area (Å²) in [4.78, 5) is 0. The number of hydrogen-bond donors (Lipinski definition) is 4. The number of aliphatic hydroxyl groups is 2. The van der Waals surface area contributed by atoms with Gasteiger partial charge in [-0.3, -0.25) is 0 Å². The molecule has 2 unspecified atom stereocenters. The molecule has 0 saturated carbocycles. The normalized spacial score (nSPS) is 15.1. The molecule has 0 heterocycles. The smallest absolute Gasteiger partial charge is 0.116 e. The Morgan fingerprint density at radius 1 is 1.36 bits per heavy atom. The summed E-state index contributed by atoms with van der Waals surface area (Å²) in [6.07, 6.45) is -2.13. The number of phenolic OH excluding ortho intramolecular Hbond substituents is 1. The molecule has 0 radical (unpaired) electrons. The molecule has 0 fully saturated rings. The molecule has 1 aromatic carbocycles. The van der Waals surface area contributed by atoms with Crippen molar-refractivity contribution in [2.45, 2.75) is 12.2 Å². The first-order valence-electron chi connectivity index (χ1n) is 4.11. The Bertz CT molecular complexity index is 319. The molecule has 0 amide bonds. The zero-order chi connectivity index (χ0) is 10.7. The van der Waals surface area contributed by atoms with E-state index in [0.717, 1.165) is 0 Å². The summed E-state index contributed by atoms with van der Waals surface area (Å²) in [5, 5.41) is 28.1. The van der Waals surface area contributed by atoms with E-state index in [1.807, 2.05) is 0 Å². The molecule has 5 N–H and O–H groups in total. The fourth-order valence-electron chi connectivity index (χ4n) is 1.09. The van der Waals surface area contributed by atoms with Crippen LogP contribution in [0.15, 0.2) is 22.7 Å². The van der Waals surface area contributed by atoms with Crippen LogP contribution in [0.5, 0.6) is 5.75 Å². The Labute approximate surface area is 90.1 Å². The second-order valence-corrected chi connectivity index (χ2v) is 3.81. The molecule has 0 spiro atoms. The first-order chi connectivity index (χ1) is 6.56. The third kappa shape index (κ3) is 2.45. The zero-order valence-corrected chi connectivity index (χ0v) is 8.98. The summed E-state index contributed by atoms with van der Waals surface area (Å²) in [5.41, 5.74) is 5.63. The highest BCUT2D eigenvalue weighted by atomic mass is 79.9. The Balaban J connectivity index is 2.99. The third-order valence-electron chi connectivity index (χ3n) is 1.90. The number of rotatable bonds is 3. The highest BCUT2D eigenvalue weighted by molar-refractivity contribution is 9.10. The molecule has 0 aromatic heterocycles. The number of hydrogen-bond acceptors (Lipinski definition) is 4. The molecule has 0 aliphatic rings. The quantitative estimate of drug-likeness (QED) is 0.639. The molecule has 0 aliphatic carbocycles. The maximum absolute atomic E-state index is 9.62. The van der Waals surface area contributed by atoms with Crippen LogP contribution in [-0.4, -0.2) is 28.0 Å². The van der Waals surface area contributed by atoms with Crippen molar-refractivity contribution < 1.29 is 15.3 Å². The van der Waals surface area contributed by atoms with Crippen molar-refractivity contribution >= 4 is 15.9 Å². The van der Waals surface area contributed by atoms with Crippen LogP contribution in [0.4, 0.5) is 0 Å². The maximum atomic E-state index is 9.62. The topological polar surface area (TPSA) is 86.7 Å². The SMILES string of the molecule is NCC(O)C(O)c1cc(O)ccc1Br. The van der Waals surface area contributed by atoms with Gasteiger partial charge in [-0.05, 0) is 18.2 Å². The molecule has 5 heteroatoms. The number of nitrogens with two attached hydrogens (primary N) is 1. The molecule has 4 nitrogen and oxygen atoms in total. The van der Waals surface area contributed by atoms with Gasteiger partial charge in [-0.25, -0.2) is 0 Å². The van der Waals surface area contributed by atoms with E-state index >= 15 is 0 Å². The fraction of sp³-hybridized carbons (Fsp3) is 0.333. The van der Waals surface area contributed by atoms with Crippen LogP contribution in [0.1, 0.15) is 11.7 Å². The minimum absolute atomic E-state index is 0.0338. The van der Waals surface area contributed by atoms with E-state index < -0.39 is 12.2 Å². The van der Waals surface area contributed by atoms with Crippen molar-refractivity contribution in [1.82, 2.24) is 0 Å². The van der Waals surface area contributed by atoms with Gasteiger partial charge in [-0.2, -0.15) is 0 Å². The lowest BCUT2D eigenvalue weighted by Crippen LogP contribution is -2.27. The minimum Gasteiger partial charge on any atom is -0.508 e. The second-order valence-electron chi connectivity index (χ2n) is 2.95. The van der Waals surface area contributed by atoms with Crippen molar-refractivity contribution in [2.75, 3.05) is 6.54 Å². The lowest BCUT2D eigenvalue weighted by atomic mass is 10.0. The summed E-state index contributed by atoms with van der Waals surface area (Å²) in [6.45, 7) is -0.0384. The minimum atomic E-state index is -1.10. The van der Waals surface area contributed by atoms with Crippen molar-refractivity contribution in [1.29, 1.82) is 0 Å². The third-order valence-corrected chi connectivity index (χ3v) is 2.63. The molecule has 1 rings (SSSR count). The number of aromatic hydroxyl groups is 1. The fourth-order valence-corrected chi connectivity index (χ4v) is 1.58. The molecule has 0 aliphatic heterocycles. The number of phenols is 1. The summed E-state index contributed by atoms with van der Waals surface area (Å²) < 4.78 is 0.621. The number of halogens is 1. The predicted molar refractivity (Wildman–Crippen MR) is 55.8 cm³/mol. The summed E-state index contributed by atoms with van der Waals surface area (Å²) in [6, 6.07) is 4.46. The zero-order valence-electron chi connectivity index (χ0n) is 7.39. The van der Waals surface area contributed by atoms with Gasteiger partial charge in [0.25, 0.3) is 0 Å². The van der Waals surface area contributed by atoms with Crippen LogP contribution in [0.2, 0.25) is 0 Å². The van der Waals surface area contributed by atoms with E-state index in [2.05, 4.69) is 15.9 Å². The van der Waals surface area contributed by atoms with Gasteiger partial charge in [-0.15, -0.1) is 0 Å². The monoisotopic (exact) mass is 261 g/mol. The van der Waals surface area contributed by atoms with Crippen molar-refractivity contribution in [3.05, 3.63) is 28.2 Å². The summed E-state index contributed by atoms with van der Waals surface area (Å²) in [7, 11) is 0. The van der Waals surface area contributed by atoms with Gasteiger partial charge in [0, 0.05) is 16.6 Å². The Morgan fingerprint density at radius 3 is 2.57 bits per heavy atom. The van der Waals surface area contributed by atoms with E-state index in [1.54, 1.807) is 6.07 Å². The van der Waals surface area contributed by atoms with Gasteiger partial charge in [-0.1, -0.05) is 15.9 Å². The average Bonchev–Trinajstić information content (AvgIpc) is 2.19. The maximum Gasteiger partial charge on any atom is 0.116 e. The van der Waals surface area contributed by atoms with Crippen LogP contribution in [0, 0.1) is 0 Å². The van der Waals surface area contributed by atoms with Crippen LogP contribution < -0.4 is 5.73 Å². The van der Waals surface area contributed by atoms with Crippen LogP contribution in [0.25, 0.3) is 0 Å². The predicted octanol–water partition coefficient (Wildman–Crippen LogP) is 0.508. The highest BCUT2D eigenvalue weighted by Crippen LogP contribution is 2.28. The standard InChI is InChI=1S/C9H12BrNO3/c10-7-2-1-5(12)3-6(7)9(14)8(13)4-11/h1-3,8-9,12-14H,4,11H2. The van der Waals surface area contributed by atoms with Crippen LogP contribution >= 0.6 is 15.9 Å². The lowest BCUT2D eigenvalue weighted by Gasteiger charge is -2.17. The van der Waals surface area contributed by atoms with Gasteiger partial charge < -0.3 is 21.1 Å². The van der Waals surface area contributed by atoms with E-state index in [0.29, 0.717) is 10.0 Å². The Kier molecular flexibility index (Phi) is 3.88. The molecular weight excluding hydrogens is 250 g/mol. The molecule has 0 bridgehead atoms. The molecular formula is C9H12BrNO3. The second kappa shape index (κ2) is 4.75. The molecule has 78 valence electrons. The van der Waals surface area contributed by atoms with Gasteiger partial charge in [0.15, 0.2) is 0 Å². The molecule has 14 heavy (non-hydrogen) atoms.